The van der Waals surface area contributed by atoms with Gasteiger partial charge in [-0.1, -0.05) is 20.8 Å². The Bertz CT molecular complexity index is 787. The van der Waals surface area contributed by atoms with Gasteiger partial charge in [0.1, 0.15) is 5.82 Å². The van der Waals surface area contributed by atoms with Crippen LogP contribution in [0.4, 0.5) is 5.82 Å². The predicted octanol–water partition coefficient (Wildman–Crippen LogP) is 3.50. The zero-order chi connectivity index (χ0) is 19.2. The van der Waals surface area contributed by atoms with Gasteiger partial charge in [0.25, 0.3) is 0 Å². The summed E-state index contributed by atoms with van der Waals surface area (Å²) in [6, 6.07) is 4.61. The Labute approximate surface area is 162 Å². The largest absolute Gasteiger partial charge is 0.366 e. The average molecular weight is 369 g/mol. The number of likely N-dealkylation sites (tertiary alicyclic amines) is 1. The van der Waals surface area contributed by atoms with Crippen molar-refractivity contribution < 1.29 is 0 Å². The van der Waals surface area contributed by atoms with Crippen molar-refractivity contribution in [1.29, 1.82) is 0 Å². The second-order valence-electron chi connectivity index (χ2n) is 9.88. The smallest absolute Gasteiger partial charge is 0.148 e. The quantitative estimate of drug-likeness (QED) is 0.875. The van der Waals surface area contributed by atoms with Gasteiger partial charge in [-0.2, -0.15) is 5.10 Å². The molecule has 4 rings (SSSR count). The third-order valence-electron chi connectivity index (χ3n) is 5.96. The Hall–Kier alpha value is -1.95. The Balaban J connectivity index is 1.25. The maximum absolute atomic E-state index is 4.39. The standard InChI is InChI=1S/C21H32N6/c1-15-17(12-26(5)25-15)18-6-7-19(24-23-18)22-16-10-21(11-16)13-27(14-21)9-8-20(2,3)4/h6-7,12,16H,8-11,13-14H2,1-5H3,(H,22,24). The lowest BCUT2D eigenvalue weighted by atomic mass is 9.60. The molecule has 0 radical (unpaired) electrons. The van der Waals surface area contributed by atoms with E-state index in [2.05, 4.69) is 46.3 Å². The molecule has 0 amide bonds. The number of aromatic nitrogens is 4. The normalized spacial score (nSPS) is 19.7. The fourth-order valence-corrected chi connectivity index (χ4v) is 4.51. The van der Waals surface area contributed by atoms with Crippen molar-refractivity contribution in [2.24, 2.45) is 17.9 Å². The number of aryl methyl sites for hydroxylation is 2. The van der Waals surface area contributed by atoms with Gasteiger partial charge in [0.2, 0.25) is 0 Å². The molecule has 6 nitrogen and oxygen atoms in total. The molecule has 1 N–H and O–H groups in total. The van der Waals surface area contributed by atoms with E-state index in [1.807, 2.05) is 37.0 Å². The van der Waals surface area contributed by atoms with E-state index in [9.17, 15) is 0 Å². The summed E-state index contributed by atoms with van der Waals surface area (Å²) in [5.74, 6) is 0.879. The molecule has 2 aromatic heterocycles. The first kappa shape index (κ1) is 18.4. The van der Waals surface area contributed by atoms with Crippen LogP contribution in [0.3, 0.4) is 0 Å². The summed E-state index contributed by atoms with van der Waals surface area (Å²) in [6.07, 6.45) is 5.78. The molecule has 1 saturated carbocycles. The van der Waals surface area contributed by atoms with Crippen molar-refractivity contribution in [3.05, 3.63) is 24.0 Å². The van der Waals surface area contributed by atoms with Gasteiger partial charge in [-0.05, 0) is 55.7 Å². The minimum absolute atomic E-state index is 0.436. The Morgan fingerprint density at radius 3 is 2.48 bits per heavy atom. The minimum Gasteiger partial charge on any atom is -0.366 e. The van der Waals surface area contributed by atoms with E-state index in [0.29, 0.717) is 16.9 Å². The van der Waals surface area contributed by atoms with Crippen LogP contribution in [0, 0.1) is 17.8 Å². The highest BCUT2D eigenvalue weighted by Crippen LogP contribution is 2.49. The van der Waals surface area contributed by atoms with Crippen molar-refractivity contribution in [3.63, 3.8) is 0 Å². The van der Waals surface area contributed by atoms with Gasteiger partial charge >= 0.3 is 0 Å². The minimum atomic E-state index is 0.436. The van der Waals surface area contributed by atoms with Crippen LogP contribution in [-0.2, 0) is 7.05 Å². The molecule has 0 atom stereocenters. The molecule has 2 aliphatic rings. The molecule has 2 aromatic rings. The third kappa shape index (κ3) is 4.00. The van der Waals surface area contributed by atoms with Crippen LogP contribution < -0.4 is 5.32 Å². The first-order chi connectivity index (χ1) is 12.7. The SMILES string of the molecule is Cc1nn(C)cc1-c1ccc(NC2CC3(C2)CN(CCC(C)(C)C)C3)nn1. The fraction of sp³-hybridized carbons (Fsp3) is 0.667. The van der Waals surface area contributed by atoms with E-state index in [1.54, 1.807) is 0 Å². The van der Waals surface area contributed by atoms with Crippen LogP contribution in [-0.4, -0.2) is 50.6 Å². The molecule has 0 aromatic carbocycles. The highest BCUT2D eigenvalue weighted by atomic mass is 15.3. The number of anilines is 1. The zero-order valence-corrected chi connectivity index (χ0v) is 17.3. The van der Waals surface area contributed by atoms with E-state index in [4.69, 9.17) is 0 Å². The summed E-state index contributed by atoms with van der Waals surface area (Å²) in [6.45, 7) is 12.8. The van der Waals surface area contributed by atoms with Crippen LogP contribution in [0.5, 0.6) is 0 Å². The van der Waals surface area contributed by atoms with Gasteiger partial charge in [-0.25, -0.2) is 0 Å². The van der Waals surface area contributed by atoms with Crippen molar-refractivity contribution in [2.75, 3.05) is 25.0 Å². The van der Waals surface area contributed by atoms with E-state index in [0.717, 1.165) is 22.8 Å². The van der Waals surface area contributed by atoms with Gasteiger partial charge in [-0.3, -0.25) is 4.68 Å². The lowest BCUT2D eigenvalue weighted by molar-refractivity contribution is -0.0698. The number of hydrogen-bond donors (Lipinski definition) is 1. The van der Waals surface area contributed by atoms with E-state index >= 15 is 0 Å². The molecule has 2 fully saturated rings. The lowest BCUT2D eigenvalue weighted by Crippen LogP contribution is -2.65. The molecule has 0 unspecified atom stereocenters. The monoisotopic (exact) mass is 368 g/mol. The fourth-order valence-electron chi connectivity index (χ4n) is 4.51. The highest BCUT2D eigenvalue weighted by Gasteiger charge is 2.52. The van der Waals surface area contributed by atoms with Crippen LogP contribution in [0.25, 0.3) is 11.3 Å². The molecule has 6 heteroatoms. The van der Waals surface area contributed by atoms with Gasteiger partial charge in [0.05, 0.1) is 11.4 Å². The van der Waals surface area contributed by atoms with E-state index < -0.39 is 0 Å². The molecule has 1 saturated heterocycles. The maximum Gasteiger partial charge on any atom is 0.148 e. The summed E-state index contributed by atoms with van der Waals surface area (Å²) in [7, 11) is 1.93. The Morgan fingerprint density at radius 1 is 1.19 bits per heavy atom. The predicted molar refractivity (Wildman–Crippen MR) is 109 cm³/mol. The Morgan fingerprint density at radius 2 is 1.93 bits per heavy atom. The number of nitrogens with one attached hydrogen (secondary N) is 1. The first-order valence-corrected chi connectivity index (χ1v) is 10.0. The van der Waals surface area contributed by atoms with Gasteiger partial charge in [0, 0.05) is 37.9 Å². The molecule has 1 spiro atoms. The molecule has 0 bridgehead atoms. The van der Waals surface area contributed by atoms with Crippen LogP contribution >= 0.6 is 0 Å². The van der Waals surface area contributed by atoms with E-state index in [-0.39, 0.29) is 0 Å². The second-order valence-corrected chi connectivity index (χ2v) is 9.88. The van der Waals surface area contributed by atoms with Crippen LogP contribution in [0.15, 0.2) is 18.3 Å². The molecule has 3 heterocycles. The summed E-state index contributed by atoms with van der Waals surface area (Å²) in [5.41, 5.74) is 3.91. The average Bonchev–Trinajstić information content (AvgIpc) is 2.85. The summed E-state index contributed by atoms with van der Waals surface area (Å²) in [5, 5.41) is 16.7. The molecular formula is C21H32N6. The van der Waals surface area contributed by atoms with E-state index in [1.165, 1.54) is 38.9 Å². The molecule has 1 aliphatic carbocycles. The van der Waals surface area contributed by atoms with Crippen molar-refractivity contribution in [3.8, 4) is 11.3 Å². The number of nitrogens with zero attached hydrogens (tertiary/aromatic N) is 5. The van der Waals surface area contributed by atoms with Gasteiger partial charge in [-0.15, -0.1) is 10.2 Å². The second kappa shape index (κ2) is 6.59. The van der Waals surface area contributed by atoms with Gasteiger partial charge < -0.3 is 10.2 Å². The van der Waals surface area contributed by atoms with Crippen molar-refractivity contribution >= 4 is 5.82 Å². The number of rotatable bonds is 5. The van der Waals surface area contributed by atoms with Crippen LogP contribution in [0.2, 0.25) is 0 Å². The molecule has 1 aliphatic heterocycles. The maximum atomic E-state index is 4.39. The van der Waals surface area contributed by atoms with Gasteiger partial charge in [0.15, 0.2) is 0 Å². The lowest BCUT2D eigenvalue weighted by Gasteiger charge is -2.59. The first-order valence-electron chi connectivity index (χ1n) is 10.0. The summed E-state index contributed by atoms with van der Waals surface area (Å²) >= 11 is 0. The molecule has 27 heavy (non-hydrogen) atoms. The topological polar surface area (TPSA) is 58.9 Å². The van der Waals surface area contributed by atoms with Crippen molar-refractivity contribution in [2.45, 2.75) is 53.0 Å². The summed E-state index contributed by atoms with van der Waals surface area (Å²) < 4.78 is 1.82. The zero-order valence-electron chi connectivity index (χ0n) is 17.3. The van der Waals surface area contributed by atoms with Crippen LogP contribution in [0.1, 0.15) is 45.7 Å². The number of hydrogen-bond acceptors (Lipinski definition) is 5. The molecule has 146 valence electrons. The van der Waals surface area contributed by atoms with Crippen molar-refractivity contribution in [1.82, 2.24) is 24.9 Å². The highest BCUT2D eigenvalue weighted by molar-refractivity contribution is 5.61. The summed E-state index contributed by atoms with van der Waals surface area (Å²) in [4.78, 5) is 2.62. The Kier molecular flexibility index (Phi) is 4.49. The third-order valence-corrected chi connectivity index (χ3v) is 5.96. The molecular weight excluding hydrogens is 336 g/mol.